The van der Waals surface area contributed by atoms with E-state index in [1.54, 1.807) is 0 Å². The van der Waals surface area contributed by atoms with E-state index in [2.05, 4.69) is 12.2 Å². The van der Waals surface area contributed by atoms with Gasteiger partial charge in [0.15, 0.2) is 0 Å². The van der Waals surface area contributed by atoms with Crippen molar-refractivity contribution < 1.29 is 9.00 Å². The number of hydrogen-bond donors (Lipinski definition) is 2. The van der Waals surface area contributed by atoms with Crippen molar-refractivity contribution in [1.82, 2.24) is 5.32 Å². The highest BCUT2D eigenvalue weighted by atomic mass is 32.2. The summed E-state index contributed by atoms with van der Waals surface area (Å²) in [6.07, 6.45) is 2.73. The standard InChI is InChI=1S/C10H22N2O2S/c1-3-5-6-9(11)10(13)12-7-8-15(14)4-2/h9H,3-8,11H2,1-2H3,(H,12,13)/t9-,15?/m0/s1. The fourth-order valence-corrected chi connectivity index (χ4v) is 1.74. The molecule has 0 aliphatic carbocycles. The molecule has 2 atom stereocenters. The maximum Gasteiger partial charge on any atom is 0.236 e. The van der Waals surface area contributed by atoms with Gasteiger partial charge in [0, 0.05) is 28.9 Å². The van der Waals surface area contributed by atoms with Gasteiger partial charge >= 0.3 is 0 Å². The first-order chi connectivity index (χ1) is 7.11. The maximum absolute atomic E-state index is 11.4. The summed E-state index contributed by atoms with van der Waals surface area (Å²) in [5.74, 6) is 1.03. The van der Waals surface area contributed by atoms with Crippen LogP contribution in [0.2, 0.25) is 0 Å². The largest absolute Gasteiger partial charge is 0.354 e. The Morgan fingerprint density at radius 1 is 1.47 bits per heavy atom. The molecule has 0 aliphatic rings. The molecule has 0 aromatic rings. The predicted octanol–water partition coefficient (Wildman–Crippen LogP) is 0.389. The molecule has 4 nitrogen and oxygen atoms in total. The van der Waals surface area contributed by atoms with Crippen molar-refractivity contribution in [3.63, 3.8) is 0 Å². The molecule has 0 aromatic heterocycles. The topological polar surface area (TPSA) is 72.2 Å². The molecule has 0 fully saturated rings. The first kappa shape index (κ1) is 14.6. The first-order valence-electron chi connectivity index (χ1n) is 5.50. The maximum atomic E-state index is 11.4. The summed E-state index contributed by atoms with van der Waals surface area (Å²) in [6.45, 7) is 4.39. The molecule has 1 amide bonds. The van der Waals surface area contributed by atoms with E-state index < -0.39 is 16.8 Å². The van der Waals surface area contributed by atoms with Gasteiger partial charge in [-0.25, -0.2) is 0 Å². The Hall–Kier alpha value is -0.420. The van der Waals surface area contributed by atoms with Gasteiger partial charge in [0.1, 0.15) is 0 Å². The molecule has 0 heterocycles. The van der Waals surface area contributed by atoms with E-state index in [4.69, 9.17) is 5.73 Å². The Morgan fingerprint density at radius 3 is 2.67 bits per heavy atom. The monoisotopic (exact) mass is 234 g/mol. The van der Waals surface area contributed by atoms with Crippen LogP contribution >= 0.6 is 0 Å². The van der Waals surface area contributed by atoms with E-state index in [-0.39, 0.29) is 5.91 Å². The molecule has 3 N–H and O–H groups in total. The molecular formula is C10H22N2O2S. The summed E-state index contributed by atoms with van der Waals surface area (Å²) in [5, 5.41) is 2.70. The van der Waals surface area contributed by atoms with Gasteiger partial charge in [-0.05, 0) is 6.42 Å². The number of rotatable bonds is 8. The van der Waals surface area contributed by atoms with E-state index in [1.165, 1.54) is 0 Å². The SMILES string of the molecule is CCCC[C@H](N)C(=O)NCCS(=O)CC. The molecule has 0 aromatic carbocycles. The number of nitrogens with one attached hydrogen (secondary N) is 1. The molecule has 15 heavy (non-hydrogen) atoms. The zero-order chi connectivity index (χ0) is 11.7. The molecular weight excluding hydrogens is 212 g/mol. The molecule has 0 rings (SSSR count). The minimum Gasteiger partial charge on any atom is -0.354 e. The average Bonchev–Trinajstić information content (AvgIpc) is 2.25. The Labute approximate surface area is 94.4 Å². The van der Waals surface area contributed by atoms with Crippen LogP contribution in [-0.2, 0) is 15.6 Å². The number of carbonyl (C=O) groups is 1. The van der Waals surface area contributed by atoms with Gasteiger partial charge < -0.3 is 11.1 Å². The number of amides is 1. The van der Waals surface area contributed by atoms with Gasteiger partial charge in [0.25, 0.3) is 0 Å². The van der Waals surface area contributed by atoms with Crippen LogP contribution in [0.1, 0.15) is 33.1 Å². The van der Waals surface area contributed by atoms with E-state index in [0.29, 0.717) is 18.1 Å². The third-order valence-corrected chi connectivity index (χ3v) is 3.46. The lowest BCUT2D eigenvalue weighted by molar-refractivity contribution is -0.122. The number of unbranched alkanes of at least 4 members (excludes halogenated alkanes) is 1. The van der Waals surface area contributed by atoms with Gasteiger partial charge in [-0.1, -0.05) is 26.7 Å². The van der Waals surface area contributed by atoms with Crippen LogP contribution in [0.4, 0.5) is 0 Å². The smallest absolute Gasteiger partial charge is 0.236 e. The molecule has 0 saturated carbocycles. The molecule has 1 unspecified atom stereocenters. The third kappa shape index (κ3) is 7.50. The lowest BCUT2D eigenvalue weighted by Gasteiger charge is -2.11. The summed E-state index contributed by atoms with van der Waals surface area (Å²) in [6, 6.07) is -0.417. The van der Waals surface area contributed by atoms with Crippen molar-refractivity contribution in [2.45, 2.75) is 39.2 Å². The van der Waals surface area contributed by atoms with Gasteiger partial charge in [-0.15, -0.1) is 0 Å². The highest BCUT2D eigenvalue weighted by Crippen LogP contribution is 1.97. The molecule has 0 spiro atoms. The van der Waals surface area contributed by atoms with E-state index in [1.807, 2.05) is 6.92 Å². The molecule has 0 saturated heterocycles. The fourth-order valence-electron chi connectivity index (χ4n) is 1.12. The second-order valence-corrected chi connectivity index (χ2v) is 5.34. The summed E-state index contributed by atoms with van der Waals surface area (Å²) < 4.78 is 11.1. The van der Waals surface area contributed by atoms with Gasteiger partial charge in [0.05, 0.1) is 6.04 Å². The summed E-state index contributed by atoms with van der Waals surface area (Å²) >= 11 is 0. The third-order valence-electron chi connectivity index (χ3n) is 2.16. The van der Waals surface area contributed by atoms with Crippen LogP contribution in [0.5, 0.6) is 0 Å². The molecule has 0 radical (unpaired) electrons. The molecule has 5 heteroatoms. The first-order valence-corrected chi connectivity index (χ1v) is 6.98. The van der Waals surface area contributed by atoms with Crippen molar-refractivity contribution >= 4 is 16.7 Å². The van der Waals surface area contributed by atoms with Crippen LogP contribution in [0.3, 0.4) is 0 Å². The average molecular weight is 234 g/mol. The highest BCUT2D eigenvalue weighted by Gasteiger charge is 2.11. The zero-order valence-corrected chi connectivity index (χ0v) is 10.4. The number of hydrogen-bond acceptors (Lipinski definition) is 3. The van der Waals surface area contributed by atoms with Crippen LogP contribution in [0.15, 0.2) is 0 Å². The van der Waals surface area contributed by atoms with E-state index in [0.717, 1.165) is 19.3 Å². The van der Waals surface area contributed by atoms with E-state index in [9.17, 15) is 9.00 Å². The van der Waals surface area contributed by atoms with Crippen LogP contribution in [0, 0.1) is 0 Å². The quantitative estimate of drug-likeness (QED) is 0.638. The second-order valence-electron chi connectivity index (χ2n) is 3.47. The Kier molecular flexibility index (Phi) is 8.61. The number of carbonyl (C=O) groups excluding carboxylic acids is 1. The Bertz CT molecular complexity index is 210. The number of nitrogens with two attached hydrogens (primary N) is 1. The van der Waals surface area contributed by atoms with Crippen molar-refractivity contribution in [2.75, 3.05) is 18.1 Å². The van der Waals surface area contributed by atoms with Crippen molar-refractivity contribution in [3.8, 4) is 0 Å². The zero-order valence-electron chi connectivity index (χ0n) is 9.62. The minimum absolute atomic E-state index is 0.128. The lowest BCUT2D eigenvalue weighted by Crippen LogP contribution is -2.41. The minimum atomic E-state index is -0.818. The normalized spacial score (nSPS) is 14.6. The van der Waals surface area contributed by atoms with Crippen molar-refractivity contribution in [1.29, 1.82) is 0 Å². The summed E-state index contributed by atoms with van der Waals surface area (Å²) in [5.41, 5.74) is 5.66. The van der Waals surface area contributed by atoms with Crippen molar-refractivity contribution in [2.24, 2.45) is 5.73 Å². The highest BCUT2D eigenvalue weighted by molar-refractivity contribution is 7.84. The second kappa shape index (κ2) is 8.85. The Balaban J connectivity index is 3.59. The van der Waals surface area contributed by atoms with Crippen molar-refractivity contribution in [3.05, 3.63) is 0 Å². The lowest BCUT2D eigenvalue weighted by atomic mass is 10.1. The summed E-state index contributed by atoms with van der Waals surface area (Å²) in [7, 11) is -0.818. The van der Waals surface area contributed by atoms with E-state index >= 15 is 0 Å². The molecule has 0 bridgehead atoms. The van der Waals surface area contributed by atoms with Crippen LogP contribution in [0.25, 0.3) is 0 Å². The Morgan fingerprint density at radius 2 is 2.13 bits per heavy atom. The summed E-state index contributed by atoms with van der Waals surface area (Å²) in [4.78, 5) is 11.4. The fraction of sp³-hybridized carbons (Fsp3) is 0.900. The molecule has 0 aliphatic heterocycles. The van der Waals surface area contributed by atoms with Gasteiger partial charge in [-0.2, -0.15) is 0 Å². The van der Waals surface area contributed by atoms with Gasteiger partial charge in [-0.3, -0.25) is 9.00 Å². The predicted molar refractivity (Wildman–Crippen MR) is 64.1 cm³/mol. The molecule has 90 valence electrons. The van der Waals surface area contributed by atoms with Crippen LogP contribution in [-0.4, -0.2) is 34.2 Å². The van der Waals surface area contributed by atoms with Crippen LogP contribution < -0.4 is 11.1 Å². The van der Waals surface area contributed by atoms with Gasteiger partial charge in [0.2, 0.25) is 5.91 Å².